The molecule has 4 N–H and O–H groups in total. The molecule has 0 bridgehead atoms. The number of hydrogen-bond donors (Lipinski definition) is 2. The highest BCUT2D eigenvalue weighted by Crippen LogP contribution is 2.66. The summed E-state index contributed by atoms with van der Waals surface area (Å²) in [7, 11) is -1.58. The molecule has 1 aromatic carbocycles. The monoisotopic (exact) mass is 422 g/mol. The summed E-state index contributed by atoms with van der Waals surface area (Å²) in [5.41, 5.74) is 11.1. The van der Waals surface area contributed by atoms with Gasteiger partial charge in [-0.25, -0.2) is 13.8 Å². The van der Waals surface area contributed by atoms with E-state index in [1.807, 2.05) is 6.20 Å². The number of rotatable bonds is 5. The second kappa shape index (κ2) is 6.28. The Labute approximate surface area is 167 Å². The molecule has 0 unspecified atom stereocenters. The Bertz CT molecular complexity index is 958. The first-order valence-electron chi connectivity index (χ1n) is 9.16. The van der Waals surface area contributed by atoms with Crippen LogP contribution in [0.3, 0.4) is 0 Å². The van der Waals surface area contributed by atoms with E-state index >= 15 is 0 Å². The van der Waals surface area contributed by atoms with Gasteiger partial charge in [0.15, 0.2) is 5.17 Å². The molecule has 10 heteroatoms. The summed E-state index contributed by atoms with van der Waals surface area (Å²) >= 11 is 1.43. The van der Waals surface area contributed by atoms with Crippen LogP contribution >= 0.6 is 11.8 Å². The number of amidine groups is 1. The van der Waals surface area contributed by atoms with Crippen molar-refractivity contribution < 1.29 is 8.78 Å². The lowest BCUT2D eigenvalue weighted by molar-refractivity contribution is 0.259. The van der Waals surface area contributed by atoms with Gasteiger partial charge in [-0.2, -0.15) is 0 Å². The molecular weight excluding hydrogens is 398 g/mol. The molecule has 1 aromatic heterocycles. The van der Waals surface area contributed by atoms with Crippen molar-refractivity contribution in [2.24, 2.45) is 16.6 Å². The van der Waals surface area contributed by atoms with E-state index in [0.717, 1.165) is 5.32 Å². The number of aliphatic imine (C=N–C) groups is 1. The minimum absolute atomic E-state index is 0.173. The summed E-state index contributed by atoms with van der Waals surface area (Å²) in [6, 6.07) is 4.20. The van der Waals surface area contributed by atoms with Crippen LogP contribution < -0.4 is 16.8 Å². The van der Waals surface area contributed by atoms with Gasteiger partial charge >= 0.3 is 0 Å². The number of hydrogen-bond acceptors (Lipinski definition) is 6. The van der Waals surface area contributed by atoms with Crippen molar-refractivity contribution in [1.82, 2.24) is 15.0 Å². The number of thioether (sulfide) groups is 1. The average molecular weight is 423 g/mol. The Balaban J connectivity index is 1.70. The fourth-order valence-electron chi connectivity index (χ4n) is 4.03. The highest BCUT2D eigenvalue weighted by molar-refractivity contribution is 8.15. The summed E-state index contributed by atoms with van der Waals surface area (Å²) < 4.78 is 30.5. The predicted octanol–water partition coefficient (Wildman–Crippen LogP) is 2.23. The topological polar surface area (TPSA) is 95.1 Å². The van der Waals surface area contributed by atoms with Crippen molar-refractivity contribution in [2.75, 3.05) is 12.4 Å². The number of halogens is 2. The molecule has 1 aliphatic heterocycles. The first kappa shape index (κ1) is 19.4. The molecule has 0 amide bonds. The van der Waals surface area contributed by atoms with E-state index in [9.17, 15) is 8.78 Å². The van der Waals surface area contributed by atoms with Crippen molar-refractivity contribution in [3.8, 4) is 0 Å². The number of alkyl halides is 1. The Morgan fingerprint density at radius 2 is 2.07 bits per heavy atom. The molecule has 1 fully saturated rings. The van der Waals surface area contributed by atoms with E-state index < -0.39 is 26.1 Å². The highest BCUT2D eigenvalue weighted by Gasteiger charge is 2.68. The molecule has 2 aromatic rings. The van der Waals surface area contributed by atoms with E-state index in [1.165, 1.54) is 30.0 Å². The van der Waals surface area contributed by atoms with Gasteiger partial charge in [0.05, 0.1) is 11.9 Å². The minimum Gasteiger partial charge on any atom is -0.399 e. The highest BCUT2D eigenvalue weighted by atomic mass is 32.2. The Hall–Kier alpha value is -1.94. The normalized spacial score (nSPS) is 29.3. The van der Waals surface area contributed by atoms with Crippen molar-refractivity contribution in [2.45, 2.75) is 42.9 Å². The molecule has 4 rings (SSSR count). The van der Waals surface area contributed by atoms with E-state index in [-0.39, 0.29) is 21.4 Å². The summed E-state index contributed by atoms with van der Waals surface area (Å²) in [6.45, 7) is 6.31. The fraction of sp³-hybridized carbons (Fsp3) is 0.500. The molecule has 0 spiro atoms. The van der Waals surface area contributed by atoms with Crippen molar-refractivity contribution in [1.29, 1.82) is 0 Å². The Morgan fingerprint density at radius 3 is 2.71 bits per heavy atom. The fourth-order valence-corrected chi connectivity index (χ4v) is 6.32. The van der Waals surface area contributed by atoms with Crippen LogP contribution in [0.2, 0.25) is 19.6 Å². The van der Waals surface area contributed by atoms with Crippen LogP contribution in [0, 0.1) is 11.7 Å². The molecule has 3 atom stereocenters. The summed E-state index contributed by atoms with van der Waals surface area (Å²) in [5.74, 6) is -0.712. The first-order valence-corrected chi connectivity index (χ1v) is 13.5. The predicted molar refractivity (Wildman–Crippen MR) is 112 cm³/mol. The SMILES string of the molecule is C[Si](C)(C)c1cn(C[C@]23C[C@H]2[C@@](CF)(c2cc(N)ccc2F)N=C(N)S3)nn1. The maximum absolute atomic E-state index is 14.6. The molecule has 1 saturated carbocycles. The third-order valence-electron chi connectivity index (χ3n) is 5.62. The van der Waals surface area contributed by atoms with Crippen LogP contribution in [-0.4, -0.2) is 39.7 Å². The zero-order valence-electron chi connectivity index (χ0n) is 16.1. The van der Waals surface area contributed by atoms with Crippen LogP contribution in [-0.2, 0) is 12.1 Å². The van der Waals surface area contributed by atoms with Crippen LogP contribution in [0.25, 0.3) is 0 Å². The van der Waals surface area contributed by atoms with Crippen molar-refractivity contribution in [3.63, 3.8) is 0 Å². The van der Waals surface area contributed by atoms with Gasteiger partial charge in [-0.15, -0.1) is 5.10 Å². The summed E-state index contributed by atoms with van der Waals surface area (Å²) in [4.78, 5) is 4.41. The van der Waals surface area contributed by atoms with Gasteiger partial charge < -0.3 is 11.5 Å². The van der Waals surface area contributed by atoms with E-state index in [1.54, 1.807) is 4.68 Å². The number of nitrogens with zero attached hydrogens (tertiary/aromatic N) is 4. The van der Waals surface area contributed by atoms with Crippen LogP contribution in [0.15, 0.2) is 29.4 Å². The van der Waals surface area contributed by atoms with Crippen molar-refractivity contribution >= 4 is 36.0 Å². The smallest absolute Gasteiger partial charge is 0.155 e. The zero-order valence-corrected chi connectivity index (χ0v) is 17.9. The third kappa shape index (κ3) is 3.02. The van der Waals surface area contributed by atoms with Crippen molar-refractivity contribution in [3.05, 3.63) is 35.8 Å². The molecular formula is C18H24F2N6SSi. The second-order valence-corrected chi connectivity index (χ2v) is 15.2. The first-order chi connectivity index (χ1) is 13.1. The lowest BCUT2D eigenvalue weighted by atomic mass is 9.84. The standard InChI is InChI=1S/C18H24F2N6SSi/c1-28(2,3)15-8-26(25-24-15)10-17-7-14(17)18(9-19,23-16(22)27-17)12-6-11(21)4-5-13(12)20/h4-6,8,14H,7,9-10,21H2,1-3H3,(H2,22,23)/t14-,17-,18-/m1/s1. The summed E-state index contributed by atoms with van der Waals surface area (Å²) in [5, 5.41) is 9.87. The quantitative estimate of drug-likeness (QED) is 0.569. The molecule has 6 nitrogen and oxygen atoms in total. The van der Waals surface area contributed by atoms with Gasteiger partial charge in [-0.1, -0.05) is 36.6 Å². The summed E-state index contributed by atoms with van der Waals surface area (Å²) in [6.07, 6.45) is 2.64. The Kier molecular flexibility index (Phi) is 4.35. The molecule has 1 aliphatic carbocycles. The molecule has 28 heavy (non-hydrogen) atoms. The van der Waals surface area contributed by atoms with Gasteiger partial charge in [0.2, 0.25) is 0 Å². The minimum atomic E-state index is -1.58. The largest absolute Gasteiger partial charge is 0.399 e. The lowest BCUT2D eigenvalue weighted by Gasteiger charge is -2.35. The maximum Gasteiger partial charge on any atom is 0.155 e. The second-order valence-electron chi connectivity index (χ2n) is 8.72. The van der Waals surface area contributed by atoms with Gasteiger partial charge in [-0.3, -0.25) is 4.68 Å². The van der Waals surface area contributed by atoms with Crippen LogP contribution in [0.1, 0.15) is 12.0 Å². The van der Waals surface area contributed by atoms with Gasteiger partial charge in [0.25, 0.3) is 0 Å². The van der Waals surface area contributed by atoms with Crippen LogP contribution in [0.4, 0.5) is 14.5 Å². The van der Waals surface area contributed by atoms with Gasteiger partial charge in [0.1, 0.15) is 26.1 Å². The van der Waals surface area contributed by atoms with Gasteiger partial charge in [0, 0.05) is 28.1 Å². The van der Waals surface area contributed by atoms with Crippen LogP contribution in [0.5, 0.6) is 0 Å². The van der Waals surface area contributed by atoms with Gasteiger partial charge in [-0.05, 0) is 24.6 Å². The average Bonchev–Trinajstić information content (AvgIpc) is 3.11. The molecule has 2 aliphatic rings. The molecule has 0 saturated heterocycles. The number of benzene rings is 1. The van der Waals surface area contributed by atoms with E-state index in [0.29, 0.717) is 18.7 Å². The Morgan fingerprint density at radius 1 is 1.32 bits per heavy atom. The number of fused-ring (bicyclic) bond motifs is 1. The number of anilines is 1. The van der Waals surface area contributed by atoms with E-state index in [4.69, 9.17) is 11.5 Å². The lowest BCUT2D eigenvalue weighted by Crippen LogP contribution is -2.41. The number of nitrogens with two attached hydrogens (primary N) is 2. The zero-order chi connectivity index (χ0) is 20.3. The maximum atomic E-state index is 14.6. The third-order valence-corrected chi connectivity index (χ3v) is 8.67. The number of nitrogen functional groups attached to an aromatic ring is 1. The van der Waals surface area contributed by atoms with E-state index in [2.05, 4.69) is 34.9 Å². The molecule has 0 radical (unpaired) electrons. The molecule has 2 heterocycles. The number of aromatic nitrogens is 3. The molecule has 150 valence electrons.